The molecule has 13 heteroatoms. The number of aromatic nitrogens is 1. The zero-order valence-corrected chi connectivity index (χ0v) is 27.1. The van der Waals surface area contributed by atoms with Gasteiger partial charge in [0.2, 0.25) is 10.0 Å². The number of halogens is 3. The summed E-state index contributed by atoms with van der Waals surface area (Å²) in [5.41, 5.74) is 3.12. The van der Waals surface area contributed by atoms with Crippen molar-refractivity contribution in [1.29, 1.82) is 0 Å². The summed E-state index contributed by atoms with van der Waals surface area (Å²) >= 11 is 0. The average molecular weight is 677 g/mol. The van der Waals surface area contributed by atoms with E-state index in [1.165, 1.54) is 12.1 Å². The number of carbonyl (C=O) groups excluding carboxylic acids is 1. The first-order valence-electron chi connectivity index (χ1n) is 14.0. The second kappa shape index (κ2) is 16.4. The van der Waals surface area contributed by atoms with Gasteiger partial charge in [-0.2, -0.15) is 0 Å². The van der Waals surface area contributed by atoms with Crippen LogP contribution in [0.5, 0.6) is 11.5 Å². The van der Waals surface area contributed by atoms with Crippen molar-refractivity contribution < 1.29 is 22.3 Å². The van der Waals surface area contributed by atoms with Crippen molar-refractivity contribution in [2.45, 2.75) is 32.0 Å². The molecule has 2 heterocycles. The third kappa shape index (κ3) is 10.9. The summed E-state index contributed by atoms with van der Waals surface area (Å²) in [5, 5.41) is 2.92. The summed E-state index contributed by atoms with van der Waals surface area (Å²) in [6, 6.07) is 24.1. The third-order valence-electron chi connectivity index (χ3n) is 7.15. The molecule has 1 aliphatic heterocycles. The third-order valence-corrected chi connectivity index (χ3v) is 7.76. The molecule has 0 aliphatic carbocycles. The Bertz CT molecular complexity index is 1610. The first-order chi connectivity index (χ1) is 20.7. The molecule has 0 unspecified atom stereocenters. The maximum absolute atomic E-state index is 13.4. The Balaban J connectivity index is 0.00000276. The molecule has 0 atom stereocenters. The Labute approximate surface area is 275 Å². The smallest absolute Gasteiger partial charge is 0.322 e. The second-order valence-electron chi connectivity index (χ2n) is 10.6. The molecule has 9 nitrogen and oxygen atoms in total. The number of anilines is 2. The molecule has 0 spiro atoms. The Kier molecular flexibility index (Phi) is 13.0. The molecule has 1 aliphatic rings. The van der Waals surface area contributed by atoms with E-state index in [2.05, 4.69) is 19.9 Å². The van der Waals surface area contributed by atoms with Crippen molar-refractivity contribution in [3.63, 3.8) is 0 Å². The van der Waals surface area contributed by atoms with Crippen LogP contribution in [0.15, 0.2) is 97.3 Å². The molecule has 1 fully saturated rings. The van der Waals surface area contributed by atoms with E-state index in [0.717, 1.165) is 49.9 Å². The van der Waals surface area contributed by atoms with Crippen LogP contribution in [-0.4, -0.2) is 54.6 Å². The van der Waals surface area contributed by atoms with Crippen molar-refractivity contribution >= 4 is 52.2 Å². The van der Waals surface area contributed by atoms with Gasteiger partial charge in [0.05, 0.1) is 6.26 Å². The molecule has 240 valence electrons. The van der Waals surface area contributed by atoms with Crippen LogP contribution in [0.4, 0.5) is 20.6 Å². The number of nitrogens with one attached hydrogen (secondary N) is 2. The van der Waals surface area contributed by atoms with Gasteiger partial charge in [-0.1, -0.05) is 18.2 Å². The van der Waals surface area contributed by atoms with Gasteiger partial charge in [0, 0.05) is 56.0 Å². The topological polar surface area (TPSA) is 104 Å². The zero-order valence-electron chi connectivity index (χ0n) is 24.6. The number of amides is 2. The van der Waals surface area contributed by atoms with Crippen molar-refractivity contribution in [2.75, 3.05) is 29.4 Å². The van der Waals surface area contributed by atoms with E-state index in [0.29, 0.717) is 29.4 Å². The van der Waals surface area contributed by atoms with Crippen LogP contribution in [-0.2, 0) is 23.1 Å². The van der Waals surface area contributed by atoms with Crippen LogP contribution in [0.3, 0.4) is 0 Å². The molecule has 4 aromatic rings. The van der Waals surface area contributed by atoms with Gasteiger partial charge in [-0.25, -0.2) is 17.6 Å². The average Bonchev–Trinajstić information content (AvgIpc) is 2.99. The van der Waals surface area contributed by atoms with Crippen LogP contribution >= 0.6 is 24.8 Å². The van der Waals surface area contributed by atoms with E-state index in [1.807, 2.05) is 41.3 Å². The Hall–Kier alpha value is -3.90. The lowest BCUT2D eigenvalue weighted by Crippen LogP contribution is -2.48. The number of ether oxygens (including phenoxy) is 1. The molecule has 1 saturated heterocycles. The van der Waals surface area contributed by atoms with Crippen LogP contribution in [0.25, 0.3) is 0 Å². The second-order valence-corrected chi connectivity index (χ2v) is 12.3. The summed E-state index contributed by atoms with van der Waals surface area (Å²) in [5.74, 6) is 0.938. The summed E-state index contributed by atoms with van der Waals surface area (Å²) in [6.45, 7) is 2.89. The summed E-state index contributed by atoms with van der Waals surface area (Å²) in [4.78, 5) is 21.8. The minimum absolute atomic E-state index is 0. The van der Waals surface area contributed by atoms with Gasteiger partial charge in [0.15, 0.2) is 0 Å². The lowest BCUT2D eigenvalue weighted by atomic mass is 10.0. The maximum atomic E-state index is 13.4. The van der Waals surface area contributed by atoms with Crippen molar-refractivity contribution in [3.05, 3.63) is 114 Å². The summed E-state index contributed by atoms with van der Waals surface area (Å²) < 4.78 is 44.5. The van der Waals surface area contributed by atoms with Gasteiger partial charge in [0.25, 0.3) is 0 Å². The van der Waals surface area contributed by atoms with E-state index in [-0.39, 0.29) is 42.7 Å². The highest BCUT2D eigenvalue weighted by molar-refractivity contribution is 7.92. The standard InChI is InChI=1S/C32H34FN5O4S.2ClH/c1-43(40,41)36-28-10-14-31(15-11-28)42-30-12-4-24(5-13-30)22-37-19-16-29(17-20-37)38(23-25-3-2-18-34-21-25)32(39)35-27-8-6-26(33)7-9-27;;/h2-15,18,21,29,36H,16-17,19-20,22-23H2,1H3,(H,35,39);2*1H. The van der Waals surface area contributed by atoms with Crippen LogP contribution in [0.1, 0.15) is 24.0 Å². The molecule has 2 N–H and O–H groups in total. The first kappa shape index (κ1) is 35.6. The monoisotopic (exact) mass is 675 g/mol. The largest absolute Gasteiger partial charge is 0.457 e. The maximum Gasteiger partial charge on any atom is 0.322 e. The molecular weight excluding hydrogens is 640 g/mol. The van der Waals surface area contributed by atoms with E-state index in [4.69, 9.17) is 4.74 Å². The van der Waals surface area contributed by atoms with Crippen LogP contribution in [0, 0.1) is 5.82 Å². The Morgan fingerprint density at radius 2 is 1.51 bits per heavy atom. The molecule has 0 saturated carbocycles. The molecular formula is C32H36Cl2FN5O4S. The van der Waals surface area contributed by atoms with E-state index in [9.17, 15) is 17.6 Å². The highest BCUT2D eigenvalue weighted by atomic mass is 35.5. The number of hydrogen-bond acceptors (Lipinski definition) is 6. The SMILES string of the molecule is CS(=O)(=O)Nc1ccc(Oc2ccc(CN3CCC(N(Cc4cccnc4)C(=O)Nc4ccc(F)cc4)CC3)cc2)cc1.Cl.Cl. The number of benzene rings is 3. The molecule has 0 bridgehead atoms. The number of pyridine rings is 1. The van der Waals surface area contributed by atoms with Gasteiger partial charge in [-0.05, 0) is 90.7 Å². The lowest BCUT2D eigenvalue weighted by molar-refractivity contribution is 0.119. The zero-order chi connectivity index (χ0) is 30.2. The molecule has 3 aromatic carbocycles. The van der Waals surface area contributed by atoms with Crippen molar-refractivity contribution in [1.82, 2.24) is 14.8 Å². The minimum Gasteiger partial charge on any atom is -0.457 e. The van der Waals surface area contributed by atoms with Gasteiger partial charge >= 0.3 is 6.03 Å². The van der Waals surface area contributed by atoms with E-state index < -0.39 is 10.0 Å². The predicted molar refractivity (Wildman–Crippen MR) is 179 cm³/mol. The number of sulfonamides is 1. The minimum atomic E-state index is -3.33. The normalized spacial score (nSPS) is 13.6. The van der Waals surface area contributed by atoms with Crippen LogP contribution in [0.2, 0.25) is 0 Å². The van der Waals surface area contributed by atoms with Crippen molar-refractivity contribution in [3.8, 4) is 11.5 Å². The van der Waals surface area contributed by atoms with Gasteiger partial charge in [-0.3, -0.25) is 14.6 Å². The molecule has 1 aromatic heterocycles. The number of rotatable bonds is 10. The number of hydrogen-bond donors (Lipinski definition) is 2. The summed E-state index contributed by atoms with van der Waals surface area (Å²) in [7, 11) is -3.33. The number of piperidine rings is 1. The van der Waals surface area contributed by atoms with Gasteiger partial charge in [-0.15, -0.1) is 24.8 Å². The Morgan fingerprint density at radius 3 is 2.09 bits per heavy atom. The number of carbonyl (C=O) groups is 1. The fourth-order valence-corrected chi connectivity index (χ4v) is 5.60. The predicted octanol–water partition coefficient (Wildman–Crippen LogP) is 6.93. The number of nitrogens with zero attached hydrogens (tertiary/aromatic N) is 3. The van der Waals surface area contributed by atoms with E-state index >= 15 is 0 Å². The molecule has 2 amide bonds. The van der Waals surface area contributed by atoms with Crippen LogP contribution < -0.4 is 14.8 Å². The Morgan fingerprint density at radius 1 is 0.911 bits per heavy atom. The van der Waals surface area contributed by atoms with E-state index in [1.54, 1.807) is 48.8 Å². The lowest BCUT2D eigenvalue weighted by Gasteiger charge is -2.38. The quantitative estimate of drug-likeness (QED) is 0.189. The number of urea groups is 1. The first-order valence-corrected chi connectivity index (χ1v) is 15.9. The molecule has 45 heavy (non-hydrogen) atoms. The van der Waals surface area contributed by atoms with Gasteiger partial charge in [0.1, 0.15) is 17.3 Å². The molecule has 0 radical (unpaired) electrons. The van der Waals surface area contributed by atoms with Crippen molar-refractivity contribution in [2.24, 2.45) is 0 Å². The highest BCUT2D eigenvalue weighted by Crippen LogP contribution is 2.26. The fourth-order valence-electron chi connectivity index (χ4n) is 5.03. The number of likely N-dealkylation sites (tertiary alicyclic amines) is 1. The fraction of sp³-hybridized carbons (Fsp3) is 0.250. The highest BCUT2D eigenvalue weighted by Gasteiger charge is 2.28. The summed E-state index contributed by atoms with van der Waals surface area (Å²) in [6.07, 6.45) is 6.23. The van der Waals surface area contributed by atoms with Gasteiger partial charge < -0.3 is 15.0 Å². The molecule has 5 rings (SSSR count).